The second kappa shape index (κ2) is 7.23. The van der Waals surface area contributed by atoms with Crippen LogP contribution in [0, 0.1) is 5.82 Å². The fourth-order valence-electron chi connectivity index (χ4n) is 1.48. The van der Waals surface area contributed by atoms with E-state index in [1.165, 1.54) is 6.07 Å². The molecular formula is C13H19FO2. The van der Waals surface area contributed by atoms with Crippen LogP contribution in [0.15, 0.2) is 18.2 Å². The molecule has 0 aliphatic heterocycles. The Balaban J connectivity index is 2.47. The second-order valence-electron chi connectivity index (χ2n) is 3.79. The molecule has 0 heterocycles. The van der Waals surface area contributed by atoms with Crippen molar-refractivity contribution in [1.29, 1.82) is 0 Å². The molecule has 0 radical (unpaired) electrons. The van der Waals surface area contributed by atoms with Gasteiger partial charge in [0.2, 0.25) is 0 Å². The van der Waals surface area contributed by atoms with Crippen molar-refractivity contribution in [2.24, 2.45) is 0 Å². The van der Waals surface area contributed by atoms with Gasteiger partial charge in [-0.05, 0) is 30.5 Å². The third-order valence-electron chi connectivity index (χ3n) is 2.40. The van der Waals surface area contributed by atoms with Crippen LogP contribution in [0.3, 0.4) is 0 Å². The predicted octanol–water partition coefficient (Wildman–Crippen LogP) is 2.93. The monoisotopic (exact) mass is 226 g/mol. The first-order chi connectivity index (χ1) is 7.77. The van der Waals surface area contributed by atoms with Crippen molar-refractivity contribution < 1.29 is 14.2 Å². The number of unbranched alkanes of at least 4 members (excludes halogenated alkanes) is 2. The zero-order chi connectivity index (χ0) is 11.8. The standard InChI is InChI=1S/C13H19FO2/c1-2-3-4-9-16-13-6-5-11(7-8-15)10-12(13)14/h5-6,10,15H,2-4,7-9H2,1H3. The van der Waals surface area contributed by atoms with E-state index in [2.05, 4.69) is 6.92 Å². The molecule has 0 aliphatic carbocycles. The molecule has 1 rings (SSSR count). The molecule has 0 aromatic heterocycles. The van der Waals surface area contributed by atoms with Crippen LogP contribution in [0.1, 0.15) is 31.7 Å². The Morgan fingerprint density at radius 3 is 2.75 bits per heavy atom. The van der Waals surface area contributed by atoms with Gasteiger partial charge in [0.05, 0.1) is 6.61 Å². The molecule has 1 aromatic carbocycles. The molecule has 0 amide bonds. The minimum Gasteiger partial charge on any atom is -0.491 e. The molecule has 0 bridgehead atoms. The van der Waals surface area contributed by atoms with Crippen molar-refractivity contribution in [3.05, 3.63) is 29.6 Å². The summed E-state index contributed by atoms with van der Waals surface area (Å²) in [5, 5.41) is 8.73. The summed E-state index contributed by atoms with van der Waals surface area (Å²) in [6.45, 7) is 2.71. The molecule has 0 saturated carbocycles. The van der Waals surface area contributed by atoms with Crippen LogP contribution < -0.4 is 4.74 Å². The lowest BCUT2D eigenvalue weighted by atomic mass is 10.1. The highest BCUT2D eigenvalue weighted by molar-refractivity contribution is 5.29. The van der Waals surface area contributed by atoms with E-state index in [4.69, 9.17) is 9.84 Å². The molecule has 0 saturated heterocycles. The zero-order valence-corrected chi connectivity index (χ0v) is 9.71. The fourth-order valence-corrected chi connectivity index (χ4v) is 1.48. The molecule has 2 nitrogen and oxygen atoms in total. The lowest BCUT2D eigenvalue weighted by molar-refractivity contribution is 0.289. The summed E-state index contributed by atoms with van der Waals surface area (Å²) in [5.74, 6) is -0.0414. The van der Waals surface area contributed by atoms with E-state index in [-0.39, 0.29) is 12.4 Å². The van der Waals surface area contributed by atoms with Crippen LogP contribution in [0.25, 0.3) is 0 Å². The quantitative estimate of drug-likeness (QED) is 0.724. The number of aliphatic hydroxyl groups excluding tert-OH is 1. The third kappa shape index (κ3) is 4.19. The SMILES string of the molecule is CCCCCOc1ccc(CCO)cc1F. The molecule has 1 aromatic rings. The number of rotatable bonds is 7. The van der Waals surface area contributed by atoms with Crippen LogP contribution in [0.2, 0.25) is 0 Å². The molecule has 0 atom stereocenters. The molecule has 16 heavy (non-hydrogen) atoms. The van der Waals surface area contributed by atoms with Crippen molar-refractivity contribution in [3.8, 4) is 5.75 Å². The van der Waals surface area contributed by atoms with Crippen LogP contribution >= 0.6 is 0 Å². The van der Waals surface area contributed by atoms with E-state index < -0.39 is 0 Å². The lowest BCUT2D eigenvalue weighted by Crippen LogP contribution is -2.00. The van der Waals surface area contributed by atoms with Crippen LogP contribution in [-0.2, 0) is 6.42 Å². The maximum atomic E-state index is 13.5. The van der Waals surface area contributed by atoms with Gasteiger partial charge in [0.15, 0.2) is 11.6 Å². The van der Waals surface area contributed by atoms with Gasteiger partial charge < -0.3 is 9.84 Å². The molecule has 0 spiro atoms. The Kier molecular flexibility index (Phi) is 5.86. The summed E-state index contributed by atoms with van der Waals surface area (Å²) < 4.78 is 18.8. The van der Waals surface area contributed by atoms with Gasteiger partial charge in [0.1, 0.15) is 0 Å². The number of halogens is 1. The Hall–Kier alpha value is -1.09. The van der Waals surface area contributed by atoms with Crippen LogP contribution in [0.5, 0.6) is 5.75 Å². The molecule has 90 valence electrons. The maximum absolute atomic E-state index is 13.5. The van der Waals surface area contributed by atoms with Gasteiger partial charge in [-0.2, -0.15) is 0 Å². The maximum Gasteiger partial charge on any atom is 0.165 e. The molecule has 0 fully saturated rings. The van der Waals surface area contributed by atoms with Gasteiger partial charge in [-0.3, -0.25) is 0 Å². The predicted molar refractivity (Wildman–Crippen MR) is 62.2 cm³/mol. The topological polar surface area (TPSA) is 29.5 Å². The van der Waals surface area contributed by atoms with Crippen molar-refractivity contribution in [1.82, 2.24) is 0 Å². The van der Waals surface area contributed by atoms with Crippen LogP contribution in [0.4, 0.5) is 4.39 Å². The second-order valence-corrected chi connectivity index (χ2v) is 3.79. The number of hydrogen-bond acceptors (Lipinski definition) is 2. The number of hydrogen-bond donors (Lipinski definition) is 1. The molecule has 3 heteroatoms. The van der Waals surface area contributed by atoms with Gasteiger partial charge in [0, 0.05) is 6.61 Å². The van der Waals surface area contributed by atoms with Crippen molar-refractivity contribution in [3.63, 3.8) is 0 Å². The van der Waals surface area contributed by atoms with E-state index in [1.54, 1.807) is 12.1 Å². The summed E-state index contributed by atoms with van der Waals surface area (Å²) in [6, 6.07) is 4.84. The van der Waals surface area contributed by atoms with E-state index in [0.29, 0.717) is 18.8 Å². The fraction of sp³-hybridized carbons (Fsp3) is 0.538. The minimum atomic E-state index is -0.345. The average molecular weight is 226 g/mol. The Morgan fingerprint density at radius 2 is 2.12 bits per heavy atom. The molecule has 0 unspecified atom stereocenters. The highest BCUT2D eigenvalue weighted by Crippen LogP contribution is 2.19. The number of ether oxygens (including phenoxy) is 1. The first kappa shape index (κ1) is 13.0. The van der Waals surface area contributed by atoms with Gasteiger partial charge >= 0.3 is 0 Å². The zero-order valence-electron chi connectivity index (χ0n) is 9.71. The largest absolute Gasteiger partial charge is 0.491 e. The van der Waals surface area contributed by atoms with E-state index in [9.17, 15) is 4.39 Å². The van der Waals surface area contributed by atoms with E-state index >= 15 is 0 Å². The molecule has 1 N–H and O–H groups in total. The minimum absolute atomic E-state index is 0.0378. The van der Waals surface area contributed by atoms with Gasteiger partial charge in [-0.1, -0.05) is 25.8 Å². The number of benzene rings is 1. The molecule has 0 aliphatic rings. The summed E-state index contributed by atoms with van der Waals surface area (Å²) >= 11 is 0. The third-order valence-corrected chi connectivity index (χ3v) is 2.40. The highest BCUT2D eigenvalue weighted by atomic mass is 19.1. The summed E-state index contributed by atoms with van der Waals surface area (Å²) in [6.07, 6.45) is 3.66. The van der Waals surface area contributed by atoms with Crippen molar-refractivity contribution in [2.45, 2.75) is 32.6 Å². The van der Waals surface area contributed by atoms with Crippen molar-refractivity contribution >= 4 is 0 Å². The highest BCUT2D eigenvalue weighted by Gasteiger charge is 2.04. The normalized spacial score (nSPS) is 10.4. The lowest BCUT2D eigenvalue weighted by Gasteiger charge is -2.08. The van der Waals surface area contributed by atoms with Crippen molar-refractivity contribution in [2.75, 3.05) is 13.2 Å². The Bertz CT molecular complexity index is 313. The summed E-state index contributed by atoms with van der Waals surface area (Å²) in [5.41, 5.74) is 0.793. The Labute approximate surface area is 96.1 Å². The first-order valence-corrected chi connectivity index (χ1v) is 5.80. The van der Waals surface area contributed by atoms with Gasteiger partial charge in [-0.25, -0.2) is 4.39 Å². The van der Waals surface area contributed by atoms with Crippen LogP contribution in [-0.4, -0.2) is 18.3 Å². The molecular weight excluding hydrogens is 207 g/mol. The van der Waals surface area contributed by atoms with E-state index in [0.717, 1.165) is 24.8 Å². The average Bonchev–Trinajstić information content (AvgIpc) is 2.27. The number of aliphatic hydroxyl groups is 1. The Morgan fingerprint density at radius 1 is 1.31 bits per heavy atom. The van der Waals surface area contributed by atoms with Gasteiger partial charge in [-0.15, -0.1) is 0 Å². The van der Waals surface area contributed by atoms with E-state index in [1.807, 2.05) is 0 Å². The smallest absolute Gasteiger partial charge is 0.165 e. The van der Waals surface area contributed by atoms with Gasteiger partial charge in [0.25, 0.3) is 0 Å². The summed E-state index contributed by atoms with van der Waals surface area (Å²) in [4.78, 5) is 0. The summed E-state index contributed by atoms with van der Waals surface area (Å²) in [7, 11) is 0. The first-order valence-electron chi connectivity index (χ1n) is 5.80.